The van der Waals surface area contributed by atoms with Crippen molar-refractivity contribution in [1.29, 1.82) is 0 Å². The number of hydrogen-bond acceptors (Lipinski definition) is 4. The van der Waals surface area contributed by atoms with Gasteiger partial charge < -0.3 is 5.73 Å². The van der Waals surface area contributed by atoms with Gasteiger partial charge in [-0.3, -0.25) is 4.90 Å². The standard InChI is InChI=1S/C14H25N3S/c1-14(2)5-3-8-17(9-6-14)10-12-11-18-13(16-12)4-7-15/h11H,3-10,15H2,1-2H3. The maximum absolute atomic E-state index is 5.56. The summed E-state index contributed by atoms with van der Waals surface area (Å²) in [5, 5.41) is 3.38. The summed E-state index contributed by atoms with van der Waals surface area (Å²) < 4.78 is 0. The maximum atomic E-state index is 5.56. The third-order valence-electron chi connectivity index (χ3n) is 3.78. The molecule has 1 aromatic rings. The molecular formula is C14H25N3S. The van der Waals surface area contributed by atoms with E-state index >= 15 is 0 Å². The smallest absolute Gasteiger partial charge is 0.0941 e. The molecule has 1 aliphatic rings. The minimum absolute atomic E-state index is 0.515. The quantitative estimate of drug-likeness (QED) is 0.912. The fraction of sp³-hybridized carbons (Fsp3) is 0.786. The summed E-state index contributed by atoms with van der Waals surface area (Å²) in [6.45, 7) is 8.91. The van der Waals surface area contributed by atoms with Gasteiger partial charge in [0.1, 0.15) is 0 Å². The van der Waals surface area contributed by atoms with Gasteiger partial charge in [0.25, 0.3) is 0 Å². The van der Waals surface area contributed by atoms with Crippen molar-refractivity contribution in [2.75, 3.05) is 19.6 Å². The van der Waals surface area contributed by atoms with E-state index in [-0.39, 0.29) is 0 Å². The van der Waals surface area contributed by atoms with Crippen molar-refractivity contribution in [2.24, 2.45) is 11.1 Å². The highest BCUT2D eigenvalue weighted by Crippen LogP contribution is 2.30. The molecule has 2 heterocycles. The molecule has 3 nitrogen and oxygen atoms in total. The molecule has 18 heavy (non-hydrogen) atoms. The Bertz CT molecular complexity index is 373. The first-order chi connectivity index (χ1) is 8.59. The van der Waals surface area contributed by atoms with Crippen molar-refractivity contribution in [2.45, 2.75) is 46.1 Å². The van der Waals surface area contributed by atoms with Crippen LogP contribution in [0.5, 0.6) is 0 Å². The first-order valence-electron chi connectivity index (χ1n) is 6.95. The molecule has 1 saturated heterocycles. The summed E-state index contributed by atoms with van der Waals surface area (Å²) in [5.41, 5.74) is 7.30. The molecule has 102 valence electrons. The molecule has 1 aromatic heterocycles. The SMILES string of the molecule is CC1(C)CCCN(Cc2csc(CCN)n2)CC1. The molecular weight excluding hydrogens is 242 g/mol. The van der Waals surface area contributed by atoms with Crippen LogP contribution >= 0.6 is 11.3 Å². The molecule has 0 spiro atoms. The highest BCUT2D eigenvalue weighted by molar-refractivity contribution is 7.09. The van der Waals surface area contributed by atoms with Gasteiger partial charge in [-0.1, -0.05) is 13.8 Å². The maximum Gasteiger partial charge on any atom is 0.0941 e. The van der Waals surface area contributed by atoms with Crippen molar-refractivity contribution >= 4 is 11.3 Å². The number of aromatic nitrogens is 1. The first kappa shape index (κ1) is 14.0. The lowest BCUT2D eigenvalue weighted by Gasteiger charge is -2.22. The van der Waals surface area contributed by atoms with Gasteiger partial charge in [-0.2, -0.15) is 0 Å². The van der Waals surface area contributed by atoms with Gasteiger partial charge in [-0.25, -0.2) is 4.98 Å². The number of likely N-dealkylation sites (tertiary alicyclic amines) is 1. The first-order valence-corrected chi connectivity index (χ1v) is 7.83. The minimum Gasteiger partial charge on any atom is -0.330 e. The van der Waals surface area contributed by atoms with E-state index in [1.54, 1.807) is 11.3 Å². The molecule has 1 fully saturated rings. The van der Waals surface area contributed by atoms with E-state index in [9.17, 15) is 0 Å². The molecule has 0 aliphatic carbocycles. The van der Waals surface area contributed by atoms with E-state index in [0.29, 0.717) is 12.0 Å². The van der Waals surface area contributed by atoms with E-state index in [0.717, 1.165) is 13.0 Å². The van der Waals surface area contributed by atoms with Gasteiger partial charge in [-0.15, -0.1) is 11.3 Å². The Labute approximate surface area is 114 Å². The highest BCUT2D eigenvalue weighted by Gasteiger charge is 2.23. The molecule has 0 saturated carbocycles. The van der Waals surface area contributed by atoms with Crippen molar-refractivity contribution in [3.63, 3.8) is 0 Å². The minimum atomic E-state index is 0.515. The van der Waals surface area contributed by atoms with Crippen LogP contribution in [-0.4, -0.2) is 29.5 Å². The molecule has 1 aliphatic heterocycles. The summed E-state index contributed by atoms with van der Waals surface area (Å²) in [7, 11) is 0. The van der Waals surface area contributed by atoms with Crippen LogP contribution in [0.4, 0.5) is 0 Å². The number of nitrogens with two attached hydrogens (primary N) is 1. The Kier molecular flexibility index (Phi) is 4.76. The summed E-state index contributed by atoms with van der Waals surface area (Å²) in [6.07, 6.45) is 4.87. The lowest BCUT2D eigenvalue weighted by molar-refractivity contribution is 0.254. The number of thiazole rings is 1. The molecule has 0 bridgehead atoms. The lowest BCUT2D eigenvalue weighted by atomic mass is 9.85. The molecule has 2 rings (SSSR count). The summed E-state index contributed by atoms with van der Waals surface area (Å²) >= 11 is 1.75. The van der Waals surface area contributed by atoms with Crippen LogP contribution < -0.4 is 5.73 Å². The number of hydrogen-bond donors (Lipinski definition) is 1. The summed E-state index contributed by atoms with van der Waals surface area (Å²) in [4.78, 5) is 7.21. The van der Waals surface area contributed by atoms with Crippen LogP contribution in [0.25, 0.3) is 0 Å². The van der Waals surface area contributed by atoms with Crippen LogP contribution in [0.2, 0.25) is 0 Å². The van der Waals surface area contributed by atoms with Gasteiger partial charge in [0.05, 0.1) is 10.7 Å². The Morgan fingerprint density at radius 3 is 3.00 bits per heavy atom. The van der Waals surface area contributed by atoms with E-state index in [1.165, 1.54) is 43.1 Å². The Balaban J connectivity index is 1.88. The molecule has 0 radical (unpaired) electrons. The lowest BCUT2D eigenvalue weighted by Crippen LogP contribution is -2.25. The van der Waals surface area contributed by atoms with Crippen LogP contribution in [0.3, 0.4) is 0 Å². The van der Waals surface area contributed by atoms with E-state index in [1.807, 2.05) is 0 Å². The molecule has 2 N–H and O–H groups in total. The zero-order valence-electron chi connectivity index (χ0n) is 11.6. The second-order valence-corrected chi connectivity index (χ2v) is 7.01. The molecule has 0 unspecified atom stereocenters. The Morgan fingerprint density at radius 1 is 1.39 bits per heavy atom. The Morgan fingerprint density at radius 2 is 2.22 bits per heavy atom. The van der Waals surface area contributed by atoms with Gasteiger partial charge in [0.2, 0.25) is 0 Å². The molecule has 4 heteroatoms. The van der Waals surface area contributed by atoms with Crippen LogP contribution in [-0.2, 0) is 13.0 Å². The second-order valence-electron chi connectivity index (χ2n) is 6.07. The van der Waals surface area contributed by atoms with Crippen LogP contribution in [0.1, 0.15) is 43.8 Å². The predicted molar refractivity (Wildman–Crippen MR) is 77.8 cm³/mol. The zero-order valence-corrected chi connectivity index (χ0v) is 12.4. The van der Waals surface area contributed by atoms with Crippen LogP contribution in [0.15, 0.2) is 5.38 Å². The van der Waals surface area contributed by atoms with E-state index in [4.69, 9.17) is 5.73 Å². The molecule has 0 amide bonds. The van der Waals surface area contributed by atoms with Crippen molar-refractivity contribution in [1.82, 2.24) is 9.88 Å². The number of nitrogens with zero attached hydrogens (tertiary/aromatic N) is 2. The average molecular weight is 267 g/mol. The normalized spacial score (nSPS) is 20.8. The topological polar surface area (TPSA) is 42.1 Å². The van der Waals surface area contributed by atoms with Crippen LogP contribution in [0, 0.1) is 5.41 Å². The van der Waals surface area contributed by atoms with E-state index < -0.39 is 0 Å². The monoisotopic (exact) mass is 267 g/mol. The van der Waals surface area contributed by atoms with Crippen molar-refractivity contribution in [3.8, 4) is 0 Å². The molecule has 0 aromatic carbocycles. The Hall–Kier alpha value is -0.450. The molecule has 0 atom stereocenters. The fourth-order valence-corrected chi connectivity index (χ4v) is 3.33. The number of rotatable bonds is 4. The van der Waals surface area contributed by atoms with Crippen molar-refractivity contribution < 1.29 is 0 Å². The second kappa shape index (κ2) is 6.13. The average Bonchev–Trinajstić information content (AvgIpc) is 2.66. The third kappa shape index (κ3) is 4.04. The van der Waals surface area contributed by atoms with Crippen molar-refractivity contribution in [3.05, 3.63) is 16.1 Å². The largest absolute Gasteiger partial charge is 0.330 e. The fourth-order valence-electron chi connectivity index (χ4n) is 2.53. The third-order valence-corrected chi connectivity index (χ3v) is 4.73. The predicted octanol–water partition coefficient (Wildman–Crippen LogP) is 2.66. The highest BCUT2D eigenvalue weighted by atomic mass is 32.1. The summed E-state index contributed by atoms with van der Waals surface area (Å²) in [5.74, 6) is 0. The van der Waals surface area contributed by atoms with Gasteiger partial charge in [0.15, 0.2) is 0 Å². The van der Waals surface area contributed by atoms with Gasteiger partial charge in [0, 0.05) is 18.3 Å². The van der Waals surface area contributed by atoms with Gasteiger partial charge in [-0.05, 0) is 44.3 Å². The van der Waals surface area contributed by atoms with Gasteiger partial charge >= 0.3 is 0 Å². The summed E-state index contributed by atoms with van der Waals surface area (Å²) in [6, 6.07) is 0. The van der Waals surface area contributed by atoms with E-state index in [2.05, 4.69) is 29.1 Å². The zero-order chi connectivity index (χ0) is 13.0.